The maximum absolute atomic E-state index is 9.22. The van der Waals surface area contributed by atoms with E-state index in [4.69, 9.17) is 0 Å². The van der Waals surface area contributed by atoms with E-state index in [0.29, 0.717) is 0 Å². The Morgan fingerprint density at radius 1 is 0.467 bits per heavy atom. The van der Waals surface area contributed by atoms with Crippen LogP contribution in [0.3, 0.4) is 0 Å². The van der Waals surface area contributed by atoms with Gasteiger partial charge in [-0.3, -0.25) is 8.67 Å². The van der Waals surface area contributed by atoms with Crippen LogP contribution in [-0.4, -0.2) is 38.7 Å². The fraction of sp³-hybridized carbons (Fsp3) is 0.897. The summed E-state index contributed by atoms with van der Waals surface area (Å²) in [6, 6.07) is 0. The van der Waals surface area contributed by atoms with E-state index in [9.17, 15) is 13.0 Å². The fourth-order valence-electron chi connectivity index (χ4n) is 5.66. The third-order valence-corrected chi connectivity index (χ3v) is 9.04. The minimum Gasteiger partial charge on any atom is -0.726 e. The minimum atomic E-state index is -4.41. The van der Waals surface area contributed by atoms with Gasteiger partial charge in [-0.05, 0) is 37.8 Å². The van der Waals surface area contributed by atoms with Crippen molar-refractivity contribution in [2.75, 3.05) is 21.2 Å². The van der Waals surface area contributed by atoms with Gasteiger partial charge in [0.05, 0.1) is 33.6 Å². The summed E-state index contributed by atoms with van der Waals surface area (Å²) in [6.45, 7) is 4.61. The Balaban J connectivity index is 0. The molecule has 270 valence electrons. The van der Waals surface area contributed by atoms with Crippen LogP contribution in [0.25, 0.3) is 0 Å². The molecule has 0 aromatic rings. The van der Waals surface area contributed by atoms with Crippen molar-refractivity contribution in [3.8, 4) is 0 Å². The Hall–Kier alpha value is -0.690. The second-order valence-corrected chi connectivity index (χ2v) is 14.9. The van der Waals surface area contributed by atoms with Gasteiger partial charge in [-0.1, -0.05) is 181 Å². The predicted molar refractivity (Wildman–Crippen MR) is 197 cm³/mol. The van der Waals surface area contributed by atoms with Crippen LogP contribution in [0.2, 0.25) is 0 Å². The first-order valence-corrected chi connectivity index (χ1v) is 20.7. The predicted octanol–water partition coefficient (Wildman–Crippen LogP) is 12.9. The first-order valence-electron chi connectivity index (χ1n) is 19.4. The lowest BCUT2D eigenvalue weighted by Crippen LogP contribution is -2.25. The number of hydrogen-bond acceptors (Lipinski definition) is 4. The van der Waals surface area contributed by atoms with Crippen molar-refractivity contribution in [2.45, 2.75) is 206 Å². The van der Waals surface area contributed by atoms with Gasteiger partial charge < -0.3 is 4.55 Å². The zero-order valence-corrected chi connectivity index (χ0v) is 31.8. The van der Waals surface area contributed by atoms with Crippen LogP contribution in [0.4, 0.5) is 0 Å². The Kier molecular flexibility index (Phi) is 37.3. The van der Waals surface area contributed by atoms with E-state index in [-0.39, 0.29) is 0 Å². The molecule has 0 aromatic carbocycles. The van der Waals surface area contributed by atoms with E-state index in [1.165, 1.54) is 193 Å². The van der Waals surface area contributed by atoms with E-state index in [1.807, 2.05) is 0 Å². The van der Waals surface area contributed by atoms with Crippen LogP contribution in [-0.2, 0) is 14.6 Å². The zero-order valence-electron chi connectivity index (χ0n) is 31.0. The number of unbranched alkanes of at least 4 members (excludes halogenated alkanes) is 28. The van der Waals surface area contributed by atoms with Gasteiger partial charge in [0.15, 0.2) is 0 Å². The number of hydrogen-bond donors (Lipinski definition) is 0. The van der Waals surface area contributed by atoms with Gasteiger partial charge in [0, 0.05) is 0 Å². The molecule has 0 spiro atoms. The molecule has 0 bridgehead atoms. The molecule has 0 aliphatic carbocycles. The van der Waals surface area contributed by atoms with Crippen LogP contribution in [0.15, 0.2) is 24.6 Å². The monoisotopic (exact) mass is 658 g/mol. The summed E-state index contributed by atoms with van der Waals surface area (Å²) in [5.41, 5.74) is 0. The first kappa shape index (κ1) is 46.4. The Labute approximate surface area is 283 Å². The maximum Gasteiger partial charge on any atom is 0.217 e. The van der Waals surface area contributed by atoms with Crippen molar-refractivity contribution in [1.29, 1.82) is 0 Å². The minimum absolute atomic E-state index is 0.808. The van der Waals surface area contributed by atoms with Crippen LogP contribution < -0.4 is 0 Å². The van der Waals surface area contributed by atoms with Gasteiger partial charge in [0.2, 0.25) is 10.4 Å². The highest BCUT2D eigenvalue weighted by molar-refractivity contribution is 7.80. The molecular formula is C39H79NO4S. The molecule has 0 aromatic heterocycles. The topological polar surface area (TPSA) is 66.4 Å². The maximum atomic E-state index is 9.22. The lowest BCUT2D eigenvalue weighted by molar-refractivity contribution is -0.784. The van der Waals surface area contributed by atoms with Gasteiger partial charge in [0.1, 0.15) is 0 Å². The van der Waals surface area contributed by atoms with Crippen molar-refractivity contribution in [1.82, 2.24) is 0 Å². The summed E-state index contributed by atoms with van der Waals surface area (Å²) in [5, 5.41) is 0. The molecule has 0 fully saturated rings. The lowest BCUT2D eigenvalue weighted by atomic mass is 10.0. The highest BCUT2D eigenvalue weighted by atomic mass is 32.3. The molecule has 0 rings (SSSR count). The van der Waals surface area contributed by atoms with Crippen LogP contribution in [0.1, 0.15) is 206 Å². The second kappa shape index (κ2) is 36.2. The van der Waals surface area contributed by atoms with Gasteiger partial charge in [-0.2, -0.15) is 0 Å². The van der Waals surface area contributed by atoms with E-state index in [0.717, 1.165) is 11.6 Å². The Morgan fingerprint density at radius 3 is 0.867 bits per heavy atom. The van der Waals surface area contributed by atoms with Crippen LogP contribution >= 0.6 is 0 Å². The van der Waals surface area contributed by atoms with Crippen molar-refractivity contribution in [2.24, 2.45) is 0 Å². The molecule has 0 radical (unpaired) electrons. The van der Waals surface area contributed by atoms with Crippen LogP contribution in [0, 0.1) is 0 Å². The molecule has 0 aliphatic heterocycles. The summed E-state index contributed by atoms with van der Waals surface area (Å²) < 4.78 is 31.9. The largest absolute Gasteiger partial charge is 0.726 e. The van der Waals surface area contributed by atoms with E-state index < -0.39 is 10.4 Å². The highest BCUT2D eigenvalue weighted by Crippen LogP contribution is 2.15. The summed E-state index contributed by atoms with van der Waals surface area (Å²) >= 11 is 0. The summed E-state index contributed by atoms with van der Waals surface area (Å²) in [7, 11) is 0.986. The normalized spacial score (nSPS) is 12.3. The fourth-order valence-corrected chi connectivity index (χ4v) is 5.66. The van der Waals surface area contributed by atoms with Crippen molar-refractivity contribution < 1.29 is 21.6 Å². The standard InChI is InChI=1S/C38H76N.CH4O4S/c1-5-7-9-11-13-15-17-19-21-23-25-27-29-31-33-35-37-39(3,4)38-36-34-32-30-28-26-24-22-20-18-16-14-12-10-8-6-2;1-5-6(2,3)4/h35-38H,5-34H2,1-4H3;1H3,(H,2,3,4)/q+1;/p-1. The average Bonchev–Trinajstić information content (AvgIpc) is 3.00. The smallest absolute Gasteiger partial charge is 0.217 e. The summed E-state index contributed by atoms with van der Waals surface area (Å²) in [6.07, 6.45) is 52.4. The van der Waals surface area contributed by atoms with Crippen molar-refractivity contribution >= 4 is 10.4 Å². The molecule has 0 saturated heterocycles. The van der Waals surface area contributed by atoms with Gasteiger partial charge in [-0.25, -0.2) is 8.42 Å². The van der Waals surface area contributed by atoms with Gasteiger partial charge >= 0.3 is 0 Å². The SMILES string of the molecule is CCCCCCCCCCCCCCCCC=C[N+](C)(C)C=CCCCCCCCCCCCCCCCC.COS(=O)(=O)[O-]. The molecule has 6 heteroatoms. The quantitative estimate of drug-likeness (QED) is 0.0305. The molecule has 0 N–H and O–H groups in total. The molecule has 45 heavy (non-hydrogen) atoms. The molecule has 0 aliphatic rings. The van der Waals surface area contributed by atoms with E-state index in [2.05, 4.69) is 56.7 Å². The number of rotatable bonds is 33. The van der Waals surface area contributed by atoms with Gasteiger partial charge in [0.25, 0.3) is 0 Å². The highest BCUT2D eigenvalue weighted by Gasteiger charge is 2.05. The third kappa shape index (κ3) is 45.5. The molecule has 0 heterocycles. The average molecular weight is 658 g/mol. The molecule has 0 atom stereocenters. The summed E-state index contributed by atoms with van der Waals surface area (Å²) in [5.74, 6) is 0. The van der Waals surface area contributed by atoms with Crippen molar-refractivity contribution in [3.63, 3.8) is 0 Å². The van der Waals surface area contributed by atoms with Crippen molar-refractivity contribution in [3.05, 3.63) is 24.6 Å². The van der Waals surface area contributed by atoms with E-state index in [1.54, 1.807) is 0 Å². The lowest BCUT2D eigenvalue weighted by Gasteiger charge is -2.19. The number of nitrogens with zero attached hydrogens (tertiary/aromatic N) is 1. The third-order valence-electron chi connectivity index (χ3n) is 8.63. The first-order chi connectivity index (χ1) is 21.7. The zero-order chi connectivity index (χ0) is 33.7. The second-order valence-electron chi connectivity index (χ2n) is 13.7. The number of allylic oxidation sites excluding steroid dienone is 2. The Morgan fingerprint density at radius 2 is 0.667 bits per heavy atom. The summed E-state index contributed by atoms with van der Waals surface area (Å²) in [4.78, 5) is 0. The number of quaternary nitrogens is 1. The van der Waals surface area contributed by atoms with E-state index >= 15 is 0 Å². The Bertz CT molecular complexity index is 689. The molecule has 5 nitrogen and oxygen atoms in total. The van der Waals surface area contributed by atoms with Gasteiger partial charge in [-0.15, -0.1) is 0 Å². The molecular weight excluding hydrogens is 578 g/mol. The molecule has 0 amide bonds. The van der Waals surface area contributed by atoms with Crippen LogP contribution in [0.5, 0.6) is 0 Å². The molecule has 0 saturated carbocycles. The molecule has 0 unspecified atom stereocenters.